The molecule has 0 spiro atoms. The first kappa shape index (κ1) is 10.1. The second-order valence-electron chi connectivity index (χ2n) is 4.35. The molecule has 1 N–H and O–H groups in total. The summed E-state index contributed by atoms with van der Waals surface area (Å²) in [5.41, 5.74) is 0.775. The van der Waals surface area contributed by atoms with Gasteiger partial charge in [-0.05, 0) is 12.8 Å². The monoisotopic (exact) mass is 233 g/mol. The fourth-order valence-corrected chi connectivity index (χ4v) is 2.01. The molecule has 2 heterocycles. The lowest BCUT2D eigenvalue weighted by Crippen LogP contribution is -2.19. The fourth-order valence-electron chi connectivity index (χ4n) is 2.01. The van der Waals surface area contributed by atoms with E-state index in [1.807, 2.05) is 0 Å². The van der Waals surface area contributed by atoms with Gasteiger partial charge in [-0.15, -0.1) is 0 Å². The number of rotatable bonds is 2. The summed E-state index contributed by atoms with van der Waals surface area (Å²) in [6.45, 7) is 0. The third kappa shape index (κ3) is 1.44. The molecule has 2 aromatic heterocycles. The molecule has 1 fully saturated rings. The lowest BCUT2D eigenvalue weighted by atomic mass is 10.2. The average Bonchev–Trinajstić information content (AvgIpc) is 3.03. The Hall–Kier alpha value is -2.11. The van der Waals surface area contributed by atoms with Gasteiger partial charge in [0.2, 0.25) is 0 Å². The van der Waals surface area contributed by atoms with E-state index in [0.717, 1.165) is 12.8 Å². The predicted molar refractivity (Wildman–Crippen MR) is 59.4 cm³/mol. The summed E-state index contributed by atoms with van der Waals surface area (Å²) in [6, 6.07) is 1.50. The molecule has 0 atom stereocenters. The van der Waals surface area contributed by atoms with E-state index in [-0.39, 0.29) is 16.8 Å². The third-order valence-electron chi connectivity index (χ3n) is 3.01. The van der Waals surface area contributed by atoms with E-state index in [2.05, 4.69) is 4.98 Å². The highest BCUT2D eigenvalue weighted by Crippen LogP contribution is 2.38. The van der Waals surface area contributed by atoms with Crippen LogP contribution in [0.4, 0.5) is 0 Å². The Morgan fingerprint density at radius 1 is 1.53 bits per heavy atom. The molecule has 3 rings (SSSR count). The zero-order valence-electron chi connectivity index (χ0n) is 9.25. The van der Waals surface area contributed by atoms with Crippen molar-refractivity contribution in [1.29, 1.82) is 0 Å². The fraction of sp³-hybridized carbons (Fsp3) is 0.364. The summed E-state index contributed by atoms with van der Waals surface area (Å²) in [5.74, 6) is -0.738. The first-order chi connectivity index (χ1) is 8.08. The van der Waals surface area contributed by atoms with Gasteiger partial charge in [0.1, 0.15) is 5.56 Å². The molecular formula is C11H11N3O3. The van der Waals surface area contributed by atoms with Crippen LogP contribution in [0.25, 0.3) is 5.65 Å². The summed E-state index contributed by atoms with van der Waals surface area (Å²) >= 11 is 0. The summed E-state index contributed by atoms with van der Waals surface area (Å²) in [5, 5.41) is 9.06. The maximum Gasteiger partial charge on any atom is 0.341 e. The lowest BCUT2D eigenvalue weighted by Gasteiger charge is -2.01. The molecule has 1 aliphatic carbocycles. The summed E-state index contributed by atoms with van der Waals surface area (Å²) < 4.78 is 2.72. The Bertz CT molecular complexity index is 679. The second kappa shape index (κ2) is 3.19. The Morgan fingerprint density at radius 2 is 2.24 bits per heavy atom. The standard InChI is InChI=1S/C11H11N3O3/c1-13-5-7(11(16)17)10-12-8(6-2-3-6)4-9(15)14(10)13/h4-6H,2-3H2,1H3,(H,16,17). The van der Waals surface area contributed by atoms with Crippen molar-refractivity contribution in [3.8, 4) is 0 Å². The maximum atomic E-state index is 11.9. The molecule has 6 nitrogen and oxygen atoms in total. The summed E-state index contributed by atoms with van der Waals surface area (Å²) in [6.07, 6.45) is 3.46. The van der Waals surface area contributed by atoms with Crippen LogP contribution in [0.2, 0.25) is 0 Å². The summed E-state index contributed by atoms with van der Waals surface area (Å²) in [7, 11) is 1.62. The number of carboxylic acid groups (broad SMARTS) is 1. The number of fused-ring (bicyclic) bond motifs is 1. The molecule has 1 aliphatic rings. The Morgan fingerprint density at radius 3 is 2.82 bits per heavy atom. The van der Waals surface area contributed by atoms with Gasteiger partial charge in [-0.3, -0.25) is 9.48 Å². The first-order valence-corrected chi connectivity index (χ1v) is 5.40. The van der Waals surface area contributed by atoms with Crippen LogP contribution in [0.1, 0.15) is 34.8 Å². The highest BCUT2D eigenvalue weighted by atomic mass is 16.4. The van der Waals surface area contributed by atoms with E-state index in [1.165, 1.54) is 21.5 Å². The van der Waals surface area contributed by atoms with Gasteiger partial charge < -0.3 is 5.11 Å². The van der Waals surface area contributed by atoms with Crippen molar-refractivity contribution >= 4 is 11.6 Å². The van der Waals surface area contributed by atoms with Crippen LogP contribution < -0.4 is 5.56 Å². The maximum absolute atomic E-state index is 11.9. The number of hydrogen-bond acceptors (Lipinski definition) is 3. The van der Waals surface area contributed by atoms with Crippen molar-refractivity contribution in [2.24, 2.45) is 7.05 Å². The number of carboxylic acids is 1. The van der Waals surface area contributed by atoms with Gasteiger partial charge in [0.25, 0.3) is 5.56 Å². The number of nitrogens with zero attached hydrogens (tertiary/aromatic N) is 3. The second-order valence-corrected chi connectivity index (χ2v) is 4.35. The first-order valence-electron chi connectivity index (χ1n) is 5.40. The average molecular weight is 233 g/mol. The van der Waals surface area contributed by atoms with Gasteiger partial charge in [-0.1, -0.05) is 0 Å². The molecular weight excluding hydrogens is 222 g/mol. The van der Waals surface area contributed by atoms with Gasteiger partial charge in [0.05, 0.1) is 5.69 Å². The molecule has 17 heavy (non-hydrogen) atoms. The lowest BCUT2D eigenvalue weighted by molar-refractivity contribution is 0.0698. The Kier molecular flexibility index (Phi) is 1.89. The highest BCUT2D eigenvalue weighted by molar-refractivity contribution is 5.94. The largest absolute Gasteiger partial charge is 0.477 e. The number of aryl methyl sites for hydroxylation is 1. The highest BCUT2D eigenvalue weighted by Gasteiger charge is 2.27. The topological polar surface area (TPSA) is 76.6 Å². The van der Waals surface area contributed by atoms with Crippen LogP contribution in [-0.4, -0.2) is 25.3 Å². The van der Waals surface area contributed by atoms with E-state index in [1.54, 1.807) is 7.05 Å². The zero-order valence-corrected chi connectivity index (χ0v) is 9.25. The van der Waals surface area contributed by atoms with Crippen molar-refractivity contribution in [3.05, 3.63) is 33.9 Å². The van der Waals surface area contributed by atoms with Gasteiger partial charge in [-0.25, -0.2) is 9.78 Å². The molecule has 0 unspecified atom stereocenters. The van der Waals surface area contributed by atoms with E-state index < -0.39 is 5.97 Å². The van der Waals surface area contributed by atoms with Gasteiger partial charge in [0, 0.05) is 25.2 Å². The SMILES string of the molecule is Cn1cc(C(=O)O)c2nc(C3CC3)cc(=O)n21. The Balaban J connectivity index is 2.37. The van der Waals surface area contributed by atoms with Crippen molar-refractivity contribution in [2.75, 3.05) is 0 Å². The molecule has 0 bridgehead atoms. The Labute approximate surface area is 96.1 Å². The molecule has 2 aromatic rings. The molecule has 88 valence electrons. The van der Waals surface area contributed by atoms with E-state index in [4.69, 9.17) is 5.11 Å². The quantitative estimate of drug-likeness (QED) is 0.824. The van der Waals surface area contributed by atoms with Crippen molar-refractivity contribution in [3.63, 3.8) is 0 Å². The minimum Gasteiger partial charge on any atom is -0.477 e. The molecule has 0 aliphatic heterocycles. The van der Waals surface area contributed by atoms with Crippen molar-refractivity contribution < 1.29 is 9.90 Å². The van der Waals surface area contributed by atoms with Gasteiger partial charge in [0.15, 0.2) is 5.65 Å². The van der Waals surface area contributed by atoms with Crippen LogP contribution in [0.3, 0.4) is 0 Å². The zero-order chi connectivity index (χ0) is 12.2. The van der Waals surface area contributed by atoms with Gasteiger partial charge in [-0.2, -0.15) is 4.52 Å². The molecule has 0 saturated heterocycles. The van der Waals surface area contributed by atoms with Crippen molar-refractivity contribution in [2.45, 2.75) is 18.8 Å². The number of aromatic carboxylic acids is 1. The minimum atomic E-state index is -1.07. The third-order valence-corrected chi connectivity index (χ3v) is 3.01. The molecule has 0 amide bonds. The number of carbonyl (C=O) groups is 1. The summed E-state index contributed by atoms with van der Waals surface area (Å²) in [4.78, 5) is 27.3. The smallest absolute Gasteiger partial charge is 0.341 e. The number of hydrogen-bond donors (Lipinski definition) is 1. The molecule has 0 radical (unpaired) electrons. The van der Waals surface area contributed by atoms with E-state index in [9.17, 15) is 9.59 Å². The van der Waals surface area contributed by atoms with E-state index >= 15 is 0 Å². The number of aromatic nitrogens is 3. The van der Waals surface area contributed by atoms with Crippen LogP contribution in [-0.2, 0) is 7.05 Å². The predicted octanol–water partition coefficient (Wildman–Crippen LogP) is 0.609. The van der Waals surface area contributed by atoms with Crippen LogP contribution in [0.15, 0.2) is 17.1 Å². The minimum absolute atomic E-state index is 0.0621. The molecule has 0 aromatic carbocycles. The van der Waals surface area contributed by atoms with Crippen LogP contribution in [0.5, 0.6) is 0 Å². The van der Waals surface area contributed by atoms with Crippen LogP contribution >= 0.6 is 0 Å². The van der Waals surface area contributed by atoms with Crippen LogP contribution in [0, 0.1) is 0 Å². The normalized spacial score (nSPS) is 15.4. The molecule has 6 heteroatoms. The van der Waals surface area contributed by atoms with E-state index in [0.29, 0.717) is 11.6 Å². The molecule has 1 saturated carbocycles. The van der Waals surface area contributed by atoms with Gasteiger partial charge >= 0.3 is 5.97 Å². The van der Waals surface area contributed by atoms with Crippen molar-refractivity contribution in [1.82, 2.24) is 14.2 Å².